The fourth-order valence-corrected chi connectivity index (χ4v) is 8.75. The van der Waals surface area contributed by atoms with Crippen molar-refractivity contribution in [3.63, 3.8) is 0 Å². The maximum atomic E-state index is 11.7. The van der Waals surface area contributed by atoms with Crippen LogP contribution in [0, 0.1) is 27.7 Å². The highest BCUT2D eigenvalue weighted by Gasteiger charge is 2.43. The van der Waals surface area contributed by atoms with Crippen LogP contribution >= 0.6 is 0 Å². The summed E-state index contributed by atoms with van der Waals surface area (Å²) >= 11 is 0. The summed E-state index contributed by atoms with van der Waals surface area (Å²) in [5, 5.41) is 68.6. The van der Waals surface area contributed by atoms with Crippen molar-refractivity contribution in [1.29, 1.82) is 0 Å². The summed E-state index contributed by atoms with van der Waals surface area (Å²) in [5.74, 6) is -3.21. The number of hydrogen-bond acceptors (Lipinski definition) is 7. The van der Waals surface area contributed by atoms with Gasteiger partial charge in [0.05, 0.1) is 11.4 Å². The highest BCUT2D eigenvalue weighted by Crippen LogP contribution is 2.62. The maximum absolute atomic E-state index is 11.7. The van der Waals surface area contributed by atoms with Gasteiger partial charge in [0.15, 0.2) is 23.0 Å². The Morgan fingerprint density at radius 3 is 1.69 bits per heavy atom. The first-order valence-electron chi connectivity index (χ1n) is 17.1. The van der Waals surface area contributed by atoms with Gasteiger partial charge >= 0.3 is 0 Å². The van der Waals surface area contributed by atoms with Crippen molar-refractivity contribution >= 4 is 27.8 Å². The number of rotatable bonds is 3. The first-order chi connectivity index (χ1) is 24.0. The SMILES string of the molecule is Cc1c(C)c(N(c2c(O)c(C)c(O)c(O)c2O)c2cc3c(c4ccccc24)-c2cc4c(cc2C3(C)C)-c2ccccc2C4(C)C)c(C)c(O)c1O. The van der Waals surface area contributed by atoms with Crippen molar-refractivity contribution in [2.75, 3.05) is 4.90 Å². The second-order valence-electron chi connectivity index (χ2n) is 15.2. The zero-order valence-corrected chi connectivity index (χ0v) is 30.0. The van der Waals surface area contributed by atoms with Gasteiger partial charge in [0.2, 0.25) is 5.75 Å². The minimum absolute atomic E-state index is 0.0315. The molecule has 0 saturated heterocycles. The van der Waals surface area contributed by atoms with Gasteiger partial charge in [-0.05, 0) is 107 Å². The highest BCUT2D eigenvalue weighted by molar-refractivity contribution is 6.11. The van der Waals surface area contributed by atoms with Crippen LogP contribution in [-0.4, -0.2) is 30.6 Å². The Bertz CT molecular complexity index is 2420. The number of nitrogens with zero attached hydrogens (tertiary/aromatic N) is 1. The summed E-state index contributed by atoms with van der Waals surface area (Å²) < 4.78 is 0. The minimum Gasteiger partial charge on any atom is -0.505 e. The molecule has 6 aromatic carbocycles. The van der Waals surface area contributed by atoms with Gasteiger partial charge in [0, 0.05) is 27.3 Å². The molecule has 2 aliphatic rings. The molecule has 0 saturated carbocycles. The topological polar surface area (TPSA) is 125 Å². The number of phenols is 6. The van der Waals surface area contributed by atoms with Gasteiger partial charge in [-0.2, -0.15) is 0 Å². The molecule has 8 rings (SSSR count). The Morgan fingerprint density at radius 1 is 0.431 bits per heavy atom. The lowest BCUT2D eigenvalue weighted by atomic mass is 9.79. The van der Waals surface area contributed by atoms with E-state index in [1.165, 1.54) is 34.7 Å². The summed E-state index contributed by atoms with van der Waals surface area (Å²) in [5.41, 5.74) is 10.9. The molecule has 7 heteroatoms. The van der Waals surface area contributed by atoms with E-state index in [4.69, 9.17) is 0 Å². The van der Waals surface area contributed by atoms with Crippen LogP contribution in [0.5, 0.6) is 34.5 Å². The third kappa shape index (κ3) is 4.00. The predicted molar refractivity (Wildman–Crippen MR) is 203 cm³/mol. The third-order valence-electron chi connectivity index (χ3n) is 11.9. The Hall–Kier alpha value is -5.82. The van der Waals surface area contributed by atoms with Gasteiger partial charge in [-0.25, -0.2) is 0 Å². The summed E-state index contributed by atoms with van der Waals surface area (Å²) in [7, 11) is 0. The average Bonchev–Trinajstić information content (AvgIpc) is 3.48. The molecule has 6 aromatic rings. The number of aromatic hydroxyl groups is 6. The number of anilines is 3. The minimum atomic E-state index is -0.782. The summed E-state index contributed by atoms with van der Waals surface area (Å²) in [6.45, 7) is 15.5. The molecule has 0 spiro atoms. The second-order valence-corrected chi connectivity index (χ2v) is 15.2. The Balaban J connectivity index is 1.51. The third-order valence-corrected chi connectivity index (χ3v) is 11.9. The van der Waals surface area contributed by atoms with Gasteiger partial charge in [0.1, 0.15) is 11.4 Å². The van der Waals surface area contributed by atoms with E-state index in [0.29, 0.717) is 28.1 Å². The molecule has 6 N–H and O–H groups in total. The summed E-state index contributed by atoms with van der Waals surface area (Å²) in [4.78, 5) is 1.63. The Morgan fingerprint density at radius 2 is 0.980 bits per heavy atom. The van der Waals surface area contributed by atoms with Gasteiger partial charge in [0.25, 0.3) is 0 Å². The summed E-state index contributed by atoms with van der Waals surface area (Å²) in [6, 6.07) is 23.4. The Kier molecular flexibility index (Phi) is 6.58. The van der Waals surface area contributed by atoms with E-state index in [1.54, 1.807) is 25.7 Å². The van der Waals surface area contributed by atoms with E-state index >= 15 is 0 Å². The van der Waals surface area contributed by atoms with E-state index in [9.17, 15) is 30.6 Å². The normalized spacial score (nSPS) is 14.7. The maximum Gasteiger partial charge on any atom is 0.203 e. The van der Waals surface area contributed by atoms with E-state index in [-0.39, 0.29) is 28.2 Å². The fraction of sp³-hybridized carbons (Fsp3) is 0.227. The highest BCUT2D eigenvalue weighted by atomic mass is 16.3. The standard InChI is InChI=1S/C44H41NO6/c1-20-21(2)38(47)39(48)22(3)35(20)45(36-37(46)23(4)40(49)42(51)41(36)50)33-19-32-34(26-15-10-9-14-25(26)33)28-18-30-27(17-31(28)44(32,7)8)24-13-11-12-16-29(24)43(30,5)6/h9-19,46-51H,1-8H3. The summed E-state index contributed by atoms with van der Waals surface area (Å²) in [6.07, 6.45) is 0. The monoisotopic (exact) mass is 679 g/mol. The Labute approximate surface area is 297 Å². The quantitative estimate of drug-likeness (QED) is 0.0812. The molecular formula is C44H41NO6. The van der Waals surface area contributed by atoms with Crippen LogP contribution in [0.4, 0.5) is 17.1 Å². The van der Waals surface area contributed by atoms with Crippen molar-refractivity contribution in [2.24, 2.45) is 0 Å². The van der Waals surface area contributed by atoms with Crippen LogP contribution in [0.3, 0.4) is 0 Å². The first kappa shape index (κ1) is 32.4. The van der Waals surface area contributed by atoms with E-state index < -0.39 is 28.4 Å². The lowest BCUT2D eigenvalue weighted by Gasteiger charge is -2.33. The number of hydrogen-bond donors (Lipinski definition) is 6. The van der Waals surface area contributed by atoms with Crippen molar-refractivity contribution in [2.45, 2.75) is 66.2 Å². The lowest BCUT2D eigenvalue weighted by molar-refractivity contribution is 0.359. The lowest BCUT2D eigenvalue weighted by Crippen LogP contribution is -2.19. The molecule has 7 nitrogen and oxygen atoms in total. The zero-order valence-electron chi connectivity index (χ0n) is 30.0. The first-order valence-corrected chi connectivity index (χ1v) is 17.1. The molecule has 0 fully saturated rings. The van der Waals surface area contributed by atoms with E-state index in [0.717, 1.165) is 27.5 Å². The van der Waals surface area contributed by atoms with E-state index in [2.05, 4.69) is 76.2 Å². The molecule has 0 atom stereocenters. The van der Waals surface area contributed by atoms with Gasteiger partial charge in [-0.15, -0.1) is 0 Å². The molecule has 0 aromatic heterocycles. The molecular weight excluding hydrogens is 638 g/mol. The van der Waals surface area contributed by atoms with Crippen LogP contribution < -0.4 is 4.90 Å². The number of fused-ring (bicyclic) bond motifs is 8. The van der Waals surface area contributed by atoms with Crippen LogP contribution in [0.1, 0.15) is 72.2 Å². The zero-order chi connectivity index (χ0) is 36.6. The van der Waals surface area contributed by atoms with Gasteiger partial charge in [-0.3, -0.25) is 0 Å². The molecule has 0 heterocycles. The van der Waals surface area contributed by atoms with Gasteiger partial charge in [-0.1, -0.05) is 76.2 Å². The van der Waals surface area contributed by atoms with Crippen LogP contribution in [0.2, 0.25) is 0 Å². The van der Waals surface area contributed by atoms with Gasteiger partial charge < -0.3 is 35.5 Å². The van der Waals surface area contributed by atoms with Crippen LogP contribution in [0.15, 0.2) is 66.7 Å². The average molecular weight is 680 g/mol. The molecule has 0 aliphatic heterocycles. The molecule has 51 heavy (non-hydrogen) atoms. The fourth-order valence-electron chi connectivity index (χ4n) is 8.75. The van der Waals surface area contributed by atoms with Crippen molar-refractivity contribution in [3.8, 4) is 56.8 Å². The molecule has 0 unspecified atom stereocenters. The van der Waals surface area contributed by atoms with E-state index in [1.807, 2.05) is 18.2 Å². The predicted octanol–water partition coefficient (Wildman–Crippen LogP) is 10.4. The largest absolute Gasteiger partial charge is 0.505 e. The van der Waals surface area contributed by atoms with Crippen molar-refractivity contribution in [3.05, 3.63) is 111 Å². The molecule has 0 amide bonds. The molecule has 2 aliphatic carbocycles. The molecule has 258 valence electrons. The smallest absolute Gasteiger partial charge is 0.203 e. The second kappa shape index (κ2) is 10.4. The van der Waals surface area contributed by atoms with Crippen LogP contribution in [-0.2, 0) is 10.8 Å². The van der Waals surface area contributed by atoms with Crippen LogP contribution in [0.25, 0.3) is 33.0 Å². The van der Waals surface area contributed by atoms with Crippen molar-refractivity contribution < 1.29 is 30.6 Å². The molecule has 0 bridgehead atoms. The van der Waals surface area contributed by atoms with Crippen molar-refractivity contribution in [1.82, 2.24) is 0 Å². The number of phenolic OH excluding ortho intramolecular Hbond substituents is 6. The number of benzene rings is 6. The molecule has 0 radical (unpaired) electrons.